The Morgan fingerprint density at radius 1 is 1.05 bits per heavy atom. The summed E-state index contributed by atoms with van der Waals surface area (Å²) in [4.78, 5) is 12.2. The van der Waals surface area contributed by atoms with Gasteiger partial charge in [-0.3, -0.25) is 4.79 Å². The summed E-state index contributed by atoms with van der Waals surface area (Å²) in [6, 6.07) is 12.9. The first-order valence-corrected chi connectivity index (χ1v) is 7.20. The average Bonchev–Trinajstić information content (AvgIpc) is 2.51. The van der Waals surface area contributed by atoms with Crippen molar-refractivity contribution in [2.75, 3.05) is 13.7 Å². The van der Waals surface area contributed by atoms with E-state index in [1.807, 2.05) is 50.2 Å². The summed E-state index contributed by atoms with van der Waals surface area (Å²) in [5.41, 5.74) is 1.84. The highest BCUT2D eigenvalue weighted by atomic mass is 16.6. The topological polar surface area (TPSA) is 44.8 Å². The van der Waals surface area contributed by atoms with Crippen molar-refractivity contribution in [1.82, 2.24) is 0 Å². The van der Waals surface area contributed by atoms with Gasteiger partial charge in [0.05, 0.1) is 20.1 Å². The molecule has 0 aromatic heterocycles. The van der Waals surface area contributed by atoms with Crippen LogP contribution in [0.5, 0.6) is 17.2 Å². The molecule has 0 unspecified atom stereocenters. The lowest BCUT2D eigenvalue weighted by atomic mass is 10.1. The van der Waals surface area contributed by atoms with Crippen LogP contribution in [0.15, 0.2) is 42.5 Å². The Kier molecular flexibility index (Phi) is 5.42. The van der Waals surface area contributed by atoms with Crippen molar-refractivity contribution in [3.05, 3.63) is 53.6 Å². The summed E-state index contributed by atoms with van der Waals surface area (Å²) in [5.74, 6) is 1.34. The van der Waals surface area contributed by atoms with E-state index in [2.05, 4.69) is 0 Å². The Hall–Kier alpha value is -2.49. The Morgan fingerprint density at radius 3 is 2.55 bits per heavy atom. The molecule has 0 atom stereocenters. The van der Waals surface area contributed by atoms with E-state index in [4.69, 9.17) is 14.2 Å². The predicted octanol–water partition coefficient (Wildman–Crippen LogP) is 3.55. The minimum Gasteiger partial charge on any atom is -0.496 e. The molecule has 0 spiro atoms. The van der Waals surface area contributed by atoms with Crippen LogP contribution in [-0.4, -0.2) is 19.7 Å². The number of esters is 1. The fourth-order valence-corrected chi connectivity index (χ4v) is 2.13. The van der Waals surface area contributed by atoms with Crippen LogP contribution in [0.1, 0.15) is 18.1 Å². The predicted molar refractivity (Wildman–Crippen MR) is 84.7 cm³/mol. The maximum Gasteiger partial charge on any atom is 0.315 e. The molecule has 0 aliphatic heterocycles. The molecule has 116 valence electrons. The number of rotatable bonds is 6. The molecular formula is C18H20O4. The summed E-state index contributed by atoms with van der Waals surface area (Å²) in [5, 5.41) is 0. The fraction of sp³-hybridized carbons (Fsp3) is 0.278. The number of carbonyl (C=O) groups excluding carboxylic acids is 1. The molecule has 0 bridgehead atoms. The minimum atomic E-state index is -0.352. The van der Waals surface area contributed by atoms with Gasteiger partial charge in [0.15, 0.2) is 11.5 Å². The number of ether oxygens (including phenoxy) is 3. The number of methoxy groups -OCH3 is 1. The molecule has 22 heavy (non-hydrogen) atoms. The zero-order valence-electron chi connectivity index (χ0n) is 13.1. The van der Waals surface area contributed by atoms with E-state index in [0.29, 0.717) is 23.9 Å². The van der Waals surface area contributed by atoms with Crippen LogP contribution in [0.25, 0.3) is 0 Å². The molecule has 0 saturated heterocycles. The number of aryl methyl sites for hydroxylation is 1. The molecule has 0 amide bonds. The van der Waals surface area contributed by atoms with E-state index in [9.17, 15) is 4.79 Å². The highest BCUT2D eigenvalue weighted by molar-refractivity contribution is 5.76. The highest BCUT2D eigenvalue weighted by Crippen LogP contribution is 2.29. The summed E-state index contributed by atoms with van der Waals surface area (Å²) >= 11 is 0. The van der Waals surface area contributed by atoms with Crippen molar-refractivity contribution in [3.8, 4) is 17.2 Å². The second-order valence-corrected chi connectivity index (χ2v) is 4.85. The maximum absolute atomic E-state index is 12.2. The monoisotopic (exact) mass is 300 g/mol. The second-order valence-electron chi connectivity index (χ2n) is 4.85. The molecule has 0 saturated carbocycles. The molecule has 0 heterocycles. The fourth-order valence-electron chi connectivity index (χ4n) is 2.13. The first-order chi connectivity index (χ1) is 10.6. The van der Waals surface area contributed by atoms with Crippen molar-refractivity contribution < 1.29 is 19.0 Å². The van der Waals surface area contributed by atoms with Crippen molar-refractivity contribution in [3.63, 3.8) is 0 Å². The van der Waals surface area contributed by atoms with Gasteiger partial charge >= 0.3 is 5.97 Å². The van der Waals surface area contributed by atoms with Crippen molar-refractivity contribution in [1.29, 1.82) is 0 Å². The van der Waals surface area contributed by atoms with Crippen LogP contribution >= 0.6 is 0 Å². The Balaban J connectivity index is 2.12. The lowest BCUT2D eigenvalue weighted by Crippen LogP contribution is -2.13. The molecule has 2 aromatic rings. The first-order valence-electron chi connectivity index (χ1n) is 7.20. The molecule has 2 aromatic carbocycles. The van der Waals surface area contributed by atoms with Gasteiger partial charge in [-0.2, -0.15) is 0 Å². The third-order valence-corrected chi connectivity index (χ3v) is 3.15. The Bertz CT molecular complexity index is 649. The summed E-state index contributed by atoms with van der Waals surface area (Å²) in [6.45, 7) is 4.37. The van der Waals surface area contributed by atoms with Gasteiger partial charge < -0.3 is 14.2 Å². The van der Waals surface area contributed by atoms with Gasteiger partial charge in [-0.05, 0) is 37.6 Å². The lowest BCUT2D eigenvalue weighted by Gasteiger charge is -2.12. The van der Waals surface area contributed by atoms with E-state index in [0.717, 1.165) is 11.1 Å². The SMILES string of the molecule is CCOc1cc(C)ccc1OC(=O)Cc1ccccc1OC. The minimum absolute atomic E-state index is 0.142. The standard InChI is InChI=1S/C18H20O4/c1-4-21-17-11-13(2)9-10-16(17)22-18(19)12-14-7-5-6-8-15(14)20-3/h5-11H,4,12H2,1-3H3. The van der Waals surface area contributed by atoms with Crippen LogP contribution in [0.4, 0.5) is 0 Å². The molecule has 4 nitrogen and oxygen atoms in total. The second kappa shape index (κ2) is 7.50. The van der Waals surface area contributed by atoms with E-state index < -0.39 is 0 Å². The molecule has 0 aliphatic carbocycles. The van der Waals surface area contributed by atoms with E-state index in [1.165, 1.54) is 0 Å². The van der Waals surface area contributed by atoms with Crippen molar-refractivity contribution >= 4 is 5.97 Å². The molecule has 0 radical (unpaired) electrons. The number of carbonyl (C=O) groups is 1. The van der Waals surface area contributed by atoms with Crippen LogP contribution in [-0.2, 0) is 11.2 Å². The van der Waals surface area contributed by atoms with Gasteiger partial charge in [0.2, 0.25) is 0 Å². The molecular weight excluding hydrogens is 280 g/mol. The van der Waals surface area contributed by atoms with Gasteiger partial charge in [0, 0.05) is 5.56 Å². The van der Waals surface area contributed by atoms with Crippen molar-refractivity contribution in [2.24, 2.45) is 0 Å². The number of para-hydroxylation sites is 1. The Morgan fingerprint density at radius 2 is 1.82 bits per heavy atom. The largest absolute Gasteiger partial charge is 0.496 e. The summed E-state index contributed by atoms with van der Waals surface area (Å²) < 4.78 is 16.2. The number of hydrogen-bond donors (Lipinski definition) is 0. The van der Waals surface area contributed by atoms with E-state index in [1.54, 1.807) is 13.2 Å². The summed E-state index contributed by atoms with van der Waals surface area (Å²) in [7, 11) is 1.58. The van der Waals surface area contributed by atoms with Crippen LogP contribution in [0, 0.1) is 6.92 Å². The molecule has 0 aliphatic rings. The van der Waals surface area contributed by atoms with Gasteiger partial charge in [0.1, 0.15) is 5.75 Å². The first kappa shape index (κ1) is 15.9. The molecule has 4 heteroatoms. The number of benzene rings is 2. The molecule has 0 N–H and O–H groups in total. The van der Waals surface area contributed by atoms with Gasteiger partial charge in [-0.1, -0.05) is 24.3 Å². The smallest absolute Gasteiger partial charge is 0.315 e. The highest BCUT2D eigenvalue weighted by Gasteiger charge is 2.13. The zero-order chi connectivity index (χ0) is 15.9. The van der Waals surface area contributed by atoms with E-state index in [-0.39, 0.29) is 12.4 Å². The third-order valence-electron chi connectivity index (χ3n) is 3.15. The van der Waals surface area contributed by atoms with Crippen LogP contribution < -0.4 is 14.2 Å². The third kappa shape index (κ3) is 4.01. The maximum atomic E-state index is 12.2. The van der Waals surface area contributed by atoms with Gasteiger partial charge in [-0.15, -0.1) is 0 Å². The van der Waals surface area contributed by atoms with Gasteiger partial charge in [-0.25, -0.2) is 0 Å². The van der Waals surface area contributed by atoms with Crippen LogP contribution in [0.2, 0.25) is 0 Å². The van der Waals surface area contributed by atoms with Crippen molar-refractivity contribution in [2.45, 2.75) is 20.3 Å². The van der Waals surface area contributed by atoms with Crippen LogP contribution in [0.3, 0.4) is 0 Å². The Labute approximate surface area is 130 Å². The zero-order valence-corrected chi connectivity index (χ0v) is 13.1. The number of hydrogen-bond acceptors (Lipinski definition) is 4. The van der Waals surface area contributed by atoms with Gasteiger partial charge in [0.25, 0.3) is 0 Å². The quantitative estimate of drug-likeness (QED) is 0.604. The normalized spacial score (nSPS) is 10.1. The molecule has 2 rings (SSSR count). The summed E-state index contributed by atoms with van der Waals surface area (Å²) in [6.07, 6.45) is 0.142. The average molecular weight is 300 g/mol. The van der Waals surface area contributed by atoms with E-state index >= 15 is 0 Å². The molecule has 0 fully saturated rings. The lowest BCUT2D eigenvalue weighted by molar-refractivity contribution is -0.133.